The number of hydrogen-bond acceptors (Lipinski definition) is 5. The first-order valence-electron chi connectivity index (χ1n) is 8.74. The van der Waals surface area contributed by atoms with Crippen molar-refractivity contribution in [2.45, 2.75) is 25.7 Å². The van der Waals surface area contributed by atoms with Gasteiger partial charge in [0, 0.05) is 28.5 Å². The number of thiazole rings is 1. The quantitative estimate of drug-likeness (QED) is 0.553. The number of carbonyl (C=O) groups is 2. The molecule has 0 aliphatic heterocycles. The molecule has 0 unspecified atom stereocenters. The summed E-state index contributed by atoms with van der Waals surface area (Å²) < 4.78 is 0. The minimum absolute atomic E-state index is 0.0993. The van der Waals surface area contributed by atoms with Gasteiger partial charge in [0.05, 0.1) is 11.4 Å². The molecule has 144 valence electrons. The van der Waals surface area contributed by atoms with Crippen LogP contribution in [0.25, 0.3) is 11.3 Å². The lowest BCUT2D eigenvalue weighted by atomic mass is 10.0. The van der Waals surface area contributed by atoms with Crippen LogP contribution < -0.4 is 10.6 Å². The fraction of sp³-hybridized carbons (Fsp3) is 0.190. The number of amides is 2. The summed E-state index contributed by atoms with van der Waals surface area (Å²) >= 11 is 2.86. The number of anilines is 2. The third-order valence-electron chi connectivity index (χ3n) is 3.96. The molecule has 2 N–H and O–H groups in total. The van der Waals surface area contributed by atoms with Crippen LogP contribution in [0.5, 0.6) is 0 Å². The Morgan fingerprint density at radius 2 is 1.82 bits per heavy atom. The van der Waals surface area contributed by atoms with Crippen LogP contribution in [0, 0.1) is 13.8 Å². The number of benzene rings is 2. The van der Waals surface area contributed by atoms with Crippen molar-refractivity contribution in [1.82, 2.24) is 4.98 Å². The standard InChI is InChI=1S/C21H21N3O2S2/c1-13-4-5-14(2)18(10-13)19-11-28-21(23-19)24-20(26)12-27-17-8-6-16(7-9-17)22-15(3)25/h4-11H,12H2,1-3H3,(H,22,25)(H,23,24,26). The molecule has 0 radical (unpaired) electrons. The Balaban J connectivity index is 1.56. The van der Waals surface area contributed by atoms with Crippen LogP contribution >= 0.6 is 23.1 Å². The molecule has 1 aromatic heterocycles. The van der Waals surface area contributed by atoms with E-state index in [9.17, 15) is 9.59 Å². The lowest BCUT2D eigenvalue weighted by Gasteiger charge is -2.05. The topological polar surface area (TPSA) is 71.1 Å². The Hall–Kier alpha value is -2.64. The number of nitrogens with zero attached hydrogens (tertiary/aromatic N) is 1. The molecule has 0 saturated carbocycles. The molecule has 2 aromatic carbocycles. The predicted molar refractivity (Wildman–Crippen MR) is 117 cm³/mol. The van der Waals surface area contributed by atoms with Gasteiger partial charge in [-0.2, -0.15) is 0 Å². The largest absolute Gasteiger partial charge is 0.326 e. The van der Waals surface area contributed by atoms with Crippen molar-refractivity contribution in [3.05, 3.63) is 59.0 Å². The first-order chi connectivity index (χ1) is 13.4. The van der Waals surface area contributed by atoms with Crippen molar-refractivity contribution >= 4 is 45.7 Å². The van der Waals surface area contributed by atoms with Crippen molar-refractivity contribution < 1.29 is 9.59 Å². The van der Waals surface area contributed by atoms with E-state index < -0.39 is 0 Å². The van der Waals surface area contributed by atoms with Crippen molar-refractivity contribution in [3.8, 4) is 11.3 Å². The molecule has 7 heteroatoms. The minimum Gasteiger partial charge on any atom is -0.326 e. The molecule has 28 heavy (non-hydrogen) atoms. The van der Waals surface area contributed by atoms with Crippen LogP contribution in [0.15, 0.2) is 52.7 Å². The normalized spacial score (nSPS) is 10.5. The molecule has 0 spiro atoms. The van der Waals surface area contributed by atoms with Gasteiger partial charge < -0.3 is 10.6 Å². The molecule has 0 saturated heterocycles. The number of rotatable bonds is 6. The summed E-state index contributed by atoms with van der Waals surface area (Å²) in [5.74, 6) is 0.0824. The van der Waals surface area contributed by atoms with Gasteiger partial charge in [-0.25, -0.2) is 4.98 Å². The van der Waals surface area contributed by atoms with E-state index in [4.69, 9.17) is 0 Å². The number of thioether (sulfide) groups is 1. The zero-order valence-corrected chi connectivity index (χ0v) is 17.5. The average molecular weight is 412 g/mol. The Bertz CT molecular complexity index is 997. The van der Waals surface area contributed by atoms with Crippen molar-refractivity contribution in [2.24, 2.45) is 0 Å². The van der Waals surface area contributed by atoms with Gasteiger partial charge >= 0.3 is 0 Å². The summed E-state index contributed by atoms with van der Waals surface area (Å²) in [5, 5.41) is 8.15. The second-order valence-electron chi connectivity index (χ2n) is 6.40. The highest BCUT2D eigenvalue weighted by Gasteiger charge is 2.10. The highest BCUT2D eigenvalue weighted by atomic mass is 32.2. The van der Waals surface area contributed by atoms with Gasteiger partial charge in [0.15, 0.2) is 5.13 Å². The SMILES string of the molecule is CC(=O)Nc1ccc(SCC(=O)Nc2nc(-c3cc(C)ccc3C)cs2)cc1. The van der Waals surface area contributed by atoms with E-state index in [1.54, 1.807) is 0 Å². The lowest BCUT2D eigenvalue weighted by molar-refractivity contribution is -0.114. The zero-order valence-electron chi connectivity index (χ0n) is 15.9. The van der Waals surface area contributed by atoms with Gasteiger partial charge in [0.2, 0.25) is 11.8 Å². The fourth-order valence-corrected chi connectivity index (χ4v) is 4.03. The van der Waals surface area contributed by atoms with E-state index in [2.05, 4.69) is 47.7 Å². The summed E-state index contributed by atoms with van der Waals surface area (Å²) in [6.07, 6.45) is 0. The van der Waals surface area contributed by atoms with Gasteiger partial charge in [-0.3, -0.25) is 9.59 Å². The van der Waals surface area contributed by atoms with Crippen LogP contribution in [0.4, 0.5) is 10.8 Å². The third-order valence-corrected chi connectivity index (χ3v) is 5.73. The number of nitrogens with one attached hydrogen (secondary N) is 2. The van der Waals surface area contributed by atoms with Crippen LogP contribution in [0.1, 0.15) is 18.1 Å². The second-order valence-corrected chi connectivity index (χ2v) is 8.31. The van der Waals surface area contributed by atoms with Gasteiger partial charge in [0.25, 0.3) is 0 Å². The Kier molecular flexibility index (Phi) is 6.49. The van der Waals surface area contributed by atoms with E-state index in [0.717, 1.165) is 27.4 Å². The summed E-state index contributed by atoms with van der Waals surface area (Å²) in [6, 6.07) is 13.7. The van der Waals surface area contributed by atoms with Crippen molar-refractivity contribution in [2.75, 3.05) is 16.4 Å². The van der Waals surface area contributed by atoms with Crippen LogP contribution in [-0.4, -0.2) is 22.6 Å². The number of hydrogen-bond donors (Lipinski definition) is 2. The number of aromatic nitrogens is 1. The molecule has 0 atom stereocenters. The molecular formula is C21H21N3O2S2. The molecule has 3 aromatic rings. The molecule has 0 fully saturated rings. The van der Waals surface area contributed by atoms with Crippen molar-refractivity contribution in [3.63, 3.8) is 0 Å². The Morgan fingerprint density at radius 1 is 1.07 bits per heavy atom. The van der Waals surface area contributed by atoms with E-state index in [1.165, 1.54) is 35.6 Å². The van der Waals surface area contributed by atoms with E-state index >= 15 is 0 Å². The molecule has 3 rings (SSSR count). The zero-order chi connectivity index (χ0) is 20.1. The Labute approximate surface area is 172 Å². The maximum absolute atomic E-state index is 12.2. The molecular weight excluding hydrogens is 390 g/mol. The highest BCUT2D eigenvalue weighted by molar-refractivity contribution is 8.00. The number of carbonyl (C=O) groups excluding carboxylic acids is 2. The average Bonchev–Trinajstić information content (AvgIpc) is 3.11. The second kappa shape index (κ2) is 9.03. The maximum atomic E-state index is 12.2. The molecule has 5 nitrogen and oxygen atoms in total. The van der Waals surface area contributed by atoms with Crippen LogP contribution in [-0.2, 0) is 9.59 Å². The molecule has 0 aliphatic carbocycles. The monoisotopic (exact) mass is 411 g/mol. The summed E-state index contributed by atoms with van der Waals surface area (Å²) in [4.78, 5) is 28.8. The van der Waals surface area contributed by atoms with Gasteiger partial charge in [-0.05, 0) is 49.7 Å². The summed E-state index contributed by atoms with van der Waals surface area (Å²) in [7, 11) is 0. The molecule has 2 amide bonds. The first-order valence-corrected chi connectivity index (χ1v) is 10.6. The Morgan fingerprint density at radius 3 is 2.54 bits per heavy atom. The third kappa shape index (κ3) is 5.43. The van der Waals surface area contributed by atoms with Crippen molar-refractivity contribution in [1.29, 1.82) is 0 Å². The van der Waals surface area contributed by atoms with Gasteiger partial charge in [0.1, 0.15) is 0 Å². The summed E-state index contributed by atoms with van der Waals surface area (Å²) in [5.41, 5.74) is 5.04. The fourth-order valence-electron chi connectivity index (χ4n) is 2.61. The molecule has 0 aliphatic rings. The van der Waals surface area contributed by atoms with Gasteiger partial charge in [-0.1, -0.05) is 17.7 Å². The van der Waals surface area contributed by atoms with E-state index in [-0.39, 0.29) is 17.6 Å². The lowest BCUT2D eigenvalue weighted by Crippen LogP contribution is -2.13. The highest BCUT2D eigenvalue weighted by Crippen LogP contribution is 2.28. The van der Waals surface area contributed by atoms with Crippen LogP contribution in [0.2, 0.25) is 0 Å². The smallest absolute Gasteiger partial charge is 0.236 e. The van der Waals surface area contributed by atoms with E-state index in [1.807, 2.05) is 29.6 Å². The minimum atomic E-state index is -0.108. The predicted octanol–water partition coefficient (Wildman–Crippen LogP) is 5.12. The summed E-state index contributed by atoms with van der Waals surface area (Å²) in [6.45, 7) is 5.58. The number of aryl methyl sites for hydroxylation is 2. The molecule has 0 bridgehead atoms. The van der Waals surface area contributed by atoms with Gasteiger partial charge in [-0.15, -0.1) is 23.1 Å². The first kappa shape index (κ1) is 20.1. The maximum Gasteiger partial charge on any atom is 0.236 e. The van der Waals surface area contributed by atoms with E-state index in [0.29, 0.717) is 5.13 Å². The molecule has 1 heterocycles. The van der Waals surface area contributed by atoms with Crippen LogP contribution in [0.3, 0.4) is 0 Å².